The summed E-state index contributed by atoms with van der Waals surface area (Å²) in [4.78, 5) is 8.01. The maximum atomic E-state index is 8.64. The first-order valence-electron chi connectivity index (χ1n) is 4.04. The quantitative estimate of drug-likeness (QED) is 0.660. The van der Waals surface area contributed by atoms with Crippen molar-refractivity contribution in [2.75, 3.05) is 0 Å². The molecule has 0 aliphatic heterocycles. The van der Waals surface area contributed by atoms with Gasteiger partial charge < -0.3 is 0 Å². The minimum absolute atomic E-state index is 0.336. The Morgan fingerprint density at radius 2 is 2.36 bits per heavy atom. The molecule has 0 unspecified atom stereocenters. The van der Waals surface area contributed by atoms with Crippen molar-refractivity contribution in [3.63, 3.8) is 0 Å². The SMILES string of the molecule is Cc1cnn(-c2nccc(C#N)n2)c1. The fourth-order valence-corrected chi connectivity index (χ4v) is 1.04. The maximum Gasteiger partial charge on any atom is 0.251 e. The third kappa shape index (κ3) is 1.45. The highest BCUT2D eigenvalue weighted by Crippen LogP contribution is 2.02. The number of hydrogen-bond acceptors (Lipinski definition) is 4. The van der Waals surface area contributed by atoms with Crippen molar-refractivity contribution < 1.29 is 0 Å². The summed E-state index contributed by atoms with van der Waals surface area (Å²) >= 11 is 0. The molecule has 0 aromatic carbocycles. The molecule has 0 atom stereocenters. The van der Waals surface area contributed by atoms with Crippen molar-refractivity contribution in [3.8, 4) is 12.0 Å². The number of nitrogens with zero attached hydrogens (tertiary/aromatic N) is 5. The van der Waals surface area contributed by atoms with Gasteiger partial charge >= 0.3 is 0 Å². The van der Waals surface area contributed by atoms with Gasteiger partial charge in [0.15, 0.2) is 0 Å². The Morgan fingerprint density at radius 1 is 1.50 bits per heavy atom. The summed E-state index contributed by atoms with van der Waals surface area (Å²) in [6.07, 6.45) is 5.05. The summed E-state index contributed by atoms with van der Waals surface area (Å²) in [6.45, 7) is 1.93. The lowest BCUT2D eigenvalue weighted by Gasteiger charge is -1.97. The summed E-state index contributed by atoms with van der Waals surface area (Å²) in [6, 6.07) is 3.51. The largest absolute Gasteiger partial charge is 0.251 e. The van der Waals surface area contributed by atoms with Crippen molar-refractivity contribution in [3.05, 3.63) is 35.9 Å². The van der Waals surface area contributed by atoms with E-state index in [1.807, 2.05) is 13.0 Å². The standard InChI is InChI=1S/C9H7N5/c1-7-5-12-14(6-7)9-11-3-2-8(4-10)13-9/h2-3,5-6H,1H3. The molecule has 68 valence electrons. The van der Waals surface area contributed by atoms with E-state index in [4.69, 9.17) is 5.26 Å². The van der Waals surface area contributed by atoms with E-state index in [1.165, 1.54) is 10.9 Å². The Kier molecular flexibility index (Phi) is 1.95. The maximum absolute atomic E-state index is 8.64. The molecule has 0 radical (unpaired) electrons. The van der Waals surface area contributed by atoms with Gasteiger partial charge in [-0.2, -0.15) is 10.4 Å². The third-order valence-electron chi connectivity index (χ3n) is 1.67. The normalized spacial score (nSPS) is 9.71. The highest BCUT2D eigenvalue weighted by Gasteiger charge is 2.01. The average molecular weight is 185 g/mol. The second kappa shape index (κ2) is 3.26. The van der Waals surface area contributed by atoms with Crippen LogP contribution in [0.25, 0.3) is 5.95 Å². The number of nitriles is 1. The number of aryl methyl sites for hydroxylation is 1. The van der Waals surface area contributed by atoms with Crippen LogP contribution in [0.15, 0.2) is 24.7 Å². The van der Waals surface area contributed by atoms with E-state index in [2.05, 4.69) is 15.1 Å². The topological polar surface area (TPSA) is 67.4 Å². The molecule has 0 spiro atoms. The highest BCUT2D eigenvalue weighted by atomic mass is 15.3. The molecule has 2 aromatic heterocycles. The van der Waals surface area contributed by atoms with Crippen LogP contribution >= 0.6 is 0 Å². The number of aromatic nitrogens is 4. The minimum Gasteiger partial charge on any atom is -0.220 e. The molecule has 0 N–H and O–H groups in total. The van der Waals surface area contributed by atoms with E-state index in [0.29, 0.717) is 11.6 Å². The van der Waals surface area contributed by atoms with Gasteiger partial charge in [-0.25, -0.2) is 14.6 Å². The zero-order valence-electron chi connectivity index (χ0n) is 7.55. The molecule has 0 saturated carbocycles. The molecular formula is C9H7N5. The molecule has 14 heavy (non-hydrogen) atoms. The van der Waals surface area contributed by atoms with Crippen molar-refractivity contribution in [1.82, 2.24) is 19.7 Å². The van der Waals surface area contributed by atoms with Crippen molar-refractivity contribution in [2.45, 2.75) is 6.92 Å². The molecule has 5 heteroatoms. The molecule has 2 heterocycles. The molecule has 2 aromatic rings. The van der Waals surface area contributed by atoms with Crippen LogP contribution < -0.4 is 0 Å². The first kappa shape index (κ1) is 8.38. The summed E-state index contributed by atoms with van der Waals surface area (Å²) in [5.41, 5.74) is 1.36. The van der Waals surface area contributed by atoms with Gasteiger partial charge in [-0.1, -0.05) is 0 Å². The van der Waals surface area contributed by atoms with Crippen LogP contribution in [0, 0.1) is 18.3 Å². The lowest BCUT2D eigenvalue weighted by Crippen LogP contribution is -2.01. The fourth-order valence-electron chi connectivity index (χ4n) is 1.04. The van der Waals surface area contributed by atoms with Crippen LogP contribution in [-0.2, 0) is 0 Å². The molecule has 0 aliphatic rings. The van der Waals surface area contributed by atoms with Crippen LogP contribution in [-0.4, -0.2) is 19.7 Å². The summed E-state index contributed by atoms with van der Waals surface area (Å²) in [5, 5.41) is 12.7. The van der Waals surface area contributed by atoms with Crippen LogP contribution in [0.3, 0.4) is 0 Å². The predicted molar refractivity (Wildman–Crippen MR) is 48.6 cm³/mol. The molecule has 0 amide bonds. The fraction of sp³-hybridized carbons (Fsp3) is 0.111. The molecule has 0 saturated heterocycles. The van der Waals surface area contributed by atoms with Gasteiger partial charge in [0.25, 0.3) is 5.95 Å². The van der Waals surface area contributed by atoms with Crippen molar-refractivity contribution in [2.24, 2.45) is 0 Å². The second-order valence-corrected chi connectivity index (χ2v) is 2.82. The van der Waals surface area contributed by atoms with Gasteiger partial charge in [-0.15, -0.1) is 0 Å². The van der Waals surface area contributed by atoms with Gasteiger partial charge in [-0.05, 0) is 18.6 Å². The van der Waals surface area contributed by atoms with Gasteiger partial charge in [0.1, 0.15) is 11.8 Å². The van der Waals surface area contributed by atoms with E-state index < -0.39 is 0 Å². The molecule has 0 aliphatic carbocycles. The lowest BCUT2D eigenvalue weighted by molar-refractivity contribution is 0.805. The van der Waals surface area contributed by atoms with E-state index in [1.54, 1.807) is 18.5 Å². The first-order chi connectivity index (χ1) is 6.79. The monoisotopic (exact) mass is 185 g/mol. The predicted octanol–water partition coefficient (Wildman–Crippen LogP) is 0.842. The smallest absolute Gasteiger partial charge is 0.220 e. The van der Waals surface area contributed by atoms with Crippen molar-refractivity contribution in [1.29, 1.82) is 5.26 Å². The van der Waals surface area contributed by atoms with Crippen molar-refractivity contribution >= 4 is 0 Å². The molecule has 0 fully saturated rings. The second-order valence-electron chi connectivity index (χ2n) is 2.82. The highest BCUT2D eigenvalue weighted by molar-refractivity contribution is 5.23. The van der Waals surface area contributed by atoms with Gasteiger partial charge in [0.2, 0.25) is 0 Å². The molecule has 0 bridgehead atoms. The third-order valence-corrected chi connectivity index (χ3v) is 1.67. The Hall–Kier alpha value is -2.22. The van der Waals surface area contributed by atoms with Crippen LogP contribution in [0.4, 0.5) is 0 Å². The van der Waals surface area contributed by atoms with Gasteiger partial charge in [-0.3, -0.25) is 0 Å². The van der Waals surface area contributed by atoms with Crippen LogP contribution in [0.1, 0.15) is 11.3 Å². The Morgan fingerprint density at radius 3 is 3.00 bits per heavy atom. The van der Waals surface area contributed by atoms with Crippen LogP contribution in [0.5, 0.6) is 0 Å². The zero-order valence-corrected chi connectivity index (χ0v) is 7.55. The number of rotatable bonds is 1. The Balaban J connectivity index is 2.47. The summed E-state index contributed by atoms with van der Waals surface area (Å²) in [7, 11) is 0. The minimum atomic E-state index is 0.336. The van der Waals surface area contributed by atoms with Gasteiger partial charge in [0, 0.05) is 12.4 Å². The molecular weight excluding hydrogens is 178 g/mol. The molecule has 2 rings (SSSR count). The number of hydrogen-bond donors (Lipinski definition) is 0. The summed E-state index contributed by atoms with van der Waals surface area (Å²) in [5.74, 6) is 0.414. The lowest BCUT2D eigenvalue weighted by atomic mass is 10.4. The Labute approximate surface area is 80.7 Å². The zero-order chi connectivity index (χ0) is 9.97. The van der Waals surface area contributed by atoms with E-state index >= 15 is 0 Å². The van der Waals surface area contributed by atoms with E-state index in [0.717, 1.165) is 5.56 Å². The average Bonchev–Trinajstić information content (AvgIpc) is 2.65. The van der Waals surface area contributed by atoms with E-state index in [9.17, 15) is 0 Å². The summed E-state index contributed by atoms with van der Waals surface area (Å²) < 4.78 is 1.54. The molecule has 5 nitrogen and oxygen atoms in total. The first-order valence-corrected chi connectivity index (χ1v) is 4.04. The van der Waals surface area contributed by atoms with Gasteiger partial charge in [0.05, 0.1) is 6.20 Å². The van der Waals surface area contributed by atoms with E-state index in [-0.39, 0.29) is 0 Å². The Bertz CT molecular complexity index is 494. The van der Waals surface area contributed by atoms with Crippen LogP contribution in [0.2, 0.25) is 0 Å².